The number of hydrogen-bond donors (Lipinski definition) is 2. The molecule has 0 amide bonds. The molecule has 1 saturated heterocycles. The Kier molecular flexibility index (Phi) is 5.75. The number of nitrogens with one attached hydrogen (secondary N) is 2. The fraction of sp³-hybridized carbons (Fsp3) is 0.600. The number of hydrogen-bond acceptors (Lipinski definition) is 3. The van der Waals surface area contributed by atoms with E-state index in [1.807, 2.05) is 37.3 Å². The van der Waals surface area contributed by atoms with E-state index in [4.69, 9.17) is 0 Å². The van der Waals surface area contributed by atoms with Crippen LogP contribution in [0.3, 0.4) is 0 Å². The Morgan fingerprint density at radius 2 is 2.05 bits per heavy atom. The van der Waals surface area contributed by atoms with E-state index < -0.39 is 10.2 Å². The van der Waals surface area contributed by atoms with Gasteiger partial charge in [0.15, 0.2) is 0 Å². The highest BCUT2D eigenvalue weighted by Crippen LogP contribution is 2.13. The Hall–Kier alpha value is -0.950. The molecule has 6 heteroatoms. The summed E-state index contributed by atoms with van der Waals surface area (Å²) in [7, 11) is -3.44. The highest BCUT2D eigenvalue weighted by Gasteiger charge is 2.27. The fourth-order valence-electron chi connectivity index (χ4n) is 2.68. The lowest BCUT2D eigenvalue weighted by Gasteiger charge is -2.30. The van der Waals surface area contributed by atoms with E-state index >= 15 is 0 Å². The molecule has 1 aromatic carbocycles. The third kappa shape index (κ3) is 4.78. The Bertz CT molecular complexity index is 533. The molecule has 0 radical (unpaired) electrons. The third-order valence-electron chi connectivity index (χ3n) is 3.83. The van der Waals surface area contributed by atoms with Gasteiger partial charge in [-0.05, 0) is 31.9 Å². The maximum atomic E-state index is 12.5. The van der Waals surface area contributed by atoms with E-state index in [1.54, 1.807) is 0 Å². The van der Waals surface area contributed by atoms with Gasteiger partial charge in [0.2, 0.25) is 0 Å². The van der Waals surface area contributed by atoms with Crippen LogP contribution in [0, 0.1) is 0 Å². The SMILES string of the molecule is CCN(Cc1ccccc1)S(=O)(=O)NC1CCNC(C)C1. The van der Waals surface area contributed by atoms with Crippen LogP contribution in [0.1, 0.15) is 32.3 Å². The van der Waals surface area contributed by atoms with Gasteiger partial charge in [-0.3, -0.25) is 0 Å². The van der Waals surface area contributed by atoms with Gasteiger partial charge in [-0.15, -0.1) is 0 Å². The molecule has 2 unspecified atom stereocenters. The zero-order valence-corrected chi connectivity index (χ0v) is 13.6. The average Bonchev–Trinajstić information content (AvgIpc) is 2.45. The van der Waals surface area contributed by atoms with E-state index in [-0.39, 0.29) is 6.04 Å². The van der Waals surface area contributed by atoms with Gasteiger partial charge in [-0.2, -0.15) is 17.4 Å². The summed E-state index contributed by atoms with van der Waals surface area (Å²) in [4.78, 5) is 0. The average molecular weight is 311 g/mol. The molecule has 0 bridgehead atoms. The molecule has 2 rings (SSSR count). The van der Waals surface area contributed by atoms with Gasteiger partial charge in [0.25, 0.3) is 10.2 Å². The first-order chi connectivity index (χ1) is 10.0. The van der Waals surface area contributed by atoms with Crippen molar-refractivity contribution in [2.45, 2.75) is 45.3 Å². The van der Waals surface area contributed by atoms with Gasteiger partial charge in [0.1, 0.15) is 0 Å². The molecule has 0 saturated carbocycles. The third-order valence-corrected chi connectivity index (χ3v) is 5.53. The highest BCUT2D eigenvalue weighted by atomic mass is 32.2. The lowest BCUT2D eigenvalue weighted by Crippen LogP contribution is -2.50. The van der Waals surface area contributed by atoms with Crippen LogP contribution in [0.15, 0.2) is 30.3 Å². The minimum atomic E-state index is -3.44. The summed E-state index contributed by atoms with van der Waals surface area (Å²) in [5.41, 5.74) is 1.00. The summed E-state index contributed by atoms with van der Waals surface area (Å²) in [5.74, 6) is 0. The number of benzene rings is 1. The Morgan fingerprint density at radius 1 is 1.33 bits per heavy atom. The first-order valence-corrected chi connectivity index (χ1v) is 9.00. The molecule has 2 atom stereocenters. The predicted octanol–water partition coefficient (Wildman–Crippen LogP) is 1.48. The molecule has 118 valence electrons. The quantitative estimate of drug-likeness (QED) is 0.836. The zero-order chi connectivity index (χ0) is 15.3. The molecule has 0 spiro atoms. The normalized spacial score (nSPS) is 23.4. The molecule has 1 fully saturated rings. The molecular formula is C15H25N3O2S. The molecule has 2 N–H and O–H groups in total. The van der Waals surface area contributed by atoms with Crippen LogP contribution in [0.2, 0.25) is 0 Å². The lowest BCUT2D eigenvalue weighted by molar-refractivity contribution is 0.345. The first kappa shape index (κ1) is 16.4. The Morgan fingerprint density at radius 3 is 2.67 bits per heavy atom. The summed E-state index contributed by atoms with van der Waals surface area (Å²) >= 11 is 0. The smallest absolute Gasteiger partial charge is 0.279 e. The molecule has 1 aliphatic heterocycles. The van der Waals surface area contributed by atoms with Crippen LogP contribution in [0.25, 0.3) is 0 Å². The molecular weight excluding hydrogens is 286 g/mol. The summed E-state index contributed by atoms with van der Waals surface area (Å²) in [5, 5.41) is 3.33. The van der Waals surface area contributed by atoms with E-state index in [2.05, 4.69) is 17.0 Å². The van der Waals surface area contributed by atoms with Crippen LogP contribution >= 0.6 is 0 Å². The van der Waals surface area contributed by atoms with E-state index in [1.165, 1.54) is 4.31 Å². The topological polar surface area (TPSA) is 61.4 Å². The van der Waals surface area contributed by atoms with Crippen molar-refractivity contribution in [3.05, 3.63) is 35.9 Å². The van der Waals surface area contributed by atoms with Gasteiger partial charge in [0, 0.05) is 25.2 Å². The standard InChI is InChI=1S/C15H25N3O2S/c1-3-18(12-14-7-5-4-6-8-14)21(19,20)17-15-9-10-16-13(2)11-15/h4-8,13,15-17H,3,9-12H2,1-2H3. The second kappa shape index (κ2) is 7.35. The number of nitrogens with zero attached hydrogens (tertiary/aromatic N) is 1. The van der Waals surface area contributed by atoms with Crippen molar-refractivity contribution in [3.8, 4) is 0 Å². The van der Waals surface area contributed by atoms with E-state index in [9.17, 15) is 8.42 Å². The molecule has 0 aromatic heterocycles. The Labute approximate surface area is 127 Å². The maximum Gasteiger partial charge on any atom is 0.279 e. The zero-order valence-electron chi connectivity index (χ0n) is 12.7. The molecule has 5 nitrogen and oxygen atoms in total. The molecule has 21 heavy (non-hydrogen) atoms. The van der Waals surface area contributed by atoms with Crippen LogP contribution in [0.5, 0.6) is 0 Å². The van der Waals surface area contributed by atoms with Gasteiger partial charge in [-0.25, -0.2) is 0 Å². The van der Waals surface area contributed by atoms with Gasteiger partial charge >= 0.3 is 0 Å². The second-order valence-corrected chi connectivity index (χ2v) is 7.31. The largest absolute Gasteiger partial charge is 0.314 e. The van der Waals surface area contributed by atoms with Gasteiger partial charge < -0.3 is 5.32 Å². The molecule has 1 aromatic rings. The predicted molar refractivity (Wildman–Crippen MR) is 85.1 cm³/mol. The second-order valence-electron chi connectivity index (χ2n) is 5.61. The lowest BCUT2D eigenvalue weighted by atomic mass is 10.0. The van der Waals surface area contributed by atoms with Crippen molar-refractivity contribution in [1.82, 2.24) is 14.3 Å². The molecule has 1 heterocycles. The van der Waals surface area contributed by atoms with Crippen molar-refractivity contribution < 1.29 is 8.42 Å². The fourth-order valence-corrected chi connectivity index (χ4v) is 4.12. The Balaban J connectivity index is 2.01. The summed E-state index contributed by atoms with van der Waals surface area (Å²) in [6.07, 6.45) is 1.68. The van der Waals surface area contributed by atoms with Gasteiger partial charge in [-0.1, -0.05) is 37.3 Å². The van der Waals surface area contributed by atoms with Crippen molar-refractivity contribution in [1.29, 1.82) is 0 Å². The van der Waals surface area contributed by atoms with Crippen LogP contribution in [-0.4, -0.2) is 37.9 Å². The van der Waals surface area contributed by atoms with Crippen LogP contribution in [-0.2, 0) is 16.8 Å². The number of rotatable bonds is 6. The van der Waals surface area contributed by atoms with E-state index in [0.29, 0.717) is 19.1 Å². The summed E-state index contributed by atoms with van der Waals surface area (Å²) in [6.45, 7) is 5.69. The van der Waals surface area contributed by atoms with E-state index in [0.717, 1.165) is 24.9 Å². The van der Waals surface area contributed by atoms with Gasteiger partial charge in [0.05, 0.1) is 0 Å². The monoisotopic (exact) mass is 311 g/mol. The van der Waals surface area contributed by atoms with Crippen molar-refractivity contribution >= 4 is 10.2 Å². The maximum absolute atomic E-state index is 12.5. The highest BCUT2D eigenvalue weighted by molar-refractivity contribution is 7.87. The minimum Gasteiger partial charge on any atom is -0.314 e. The van der Waals surface area contributed by atoms with Crippen molar-refractivity contribution in [2.75, 3.05) is 13.1 Å². The summed E-state index contributed by atoms with van der Waals surface area (Å²) in [6, 6.07) is 10.1. The van der Waals surface area contributed by atoms with Crippen molar-refractivity contribution in [2.24, 2.45) is 0 Å². The van der Waals surface area contributed by atoms with Crippen molar-refractivity contribution in [3.63, 3.8) is 0 Å². The van der Waals surface area contributed by atoms with Crippen LogP contribution in [0.4, 0.5) is 0 Å². The molecule has 1 aliphatic rings. The first-order valence-electron chi connectivity index (χ1n) is 7.56. The van der Waals surface area contributed by atoms with Crippen LogP contribution < -0.4 is 10.0 Å². The molecule has 0 aliphatic carbocycles. The summed E-state index contributed by atoms with van der Waals surface area (Å²) < 4.78 is 29.4. The minimum absolute atomic E-state index is 0.0241. The number of piperidine rings is 1.